The van der Waals surface area contributed by atoms with E-state index in [1.807, 2.05) is 0 Å². The van der Waals surface area contributed by atoms with Crippen molar-refractivity contribution in [3.8, 4) is 0 Å². The summed E-state index contributed by atoms with van der Waals surface area (Å²) in [5, 5.41) is 9.05. The third kappa shape index (κ3) is 3.49. The van der Waals surface area contributed by atoms with Gasteiger partial charge < -0.3 is 20.5 Å². The van der Waals surface area contributed by atoms with Crippen LogP contribution in [0.1, 0.15) is 0 Å². The maximum atomic E-state index is 11.9. The molecule has 8 nitrogen and oxygen atoms in total. The van der Waals surface area contributed by atoms with Crippen molar-refractivity contribution in [2.45, 2.75) is 6.54 Å². The molecule has 8 heteroatoms. The predicted molar refractivity (Wildman–Crippen MR) is 77.1 cm³/mol. The molecule has 0 bridgehead atoms. The van der Waals surface area contributed by atoms with Crippen LogP contribution in [-0.4, -0.2) is 48.1 Å². The van der Waals surface area contributed by atoms with Crippen molar-refractivity contribution in [3.05, 3.63) is 33.5 Å². The van der Waals surface area contributed by atoms with Gasteiger partial charge in [0, 0.05) is 20.2 Å². The molecule has 1 rings (SSSR count). The summed E-state index contributed by atoms with van der Waals surface area (Å²) in [5.74, 6) is 0.0473. The van der Waals surface area contributed by atoms with Crippen molar-refractivity contribution in [1.82, 2.24) is 9.55 Å². The molecule has 0 aliphatic rings. The second kappa shape index (κ2) is 7.51. The van der Waals surface area contributed by atoms with Crippen LogP contribution in [0.4, 0.5) is 11.5 Å². The quantitative estimate of drug-likeness (QED) is 0.514. The molecule has 1 aromatic heterocycles. The fourth-order valence-corrected chi connectivity index (χ4v) is 1.86. The number of aliphatic hydroxyl groups excluding tert-OH is 1. The number of methoxy groups -OCH3 is 1. The van der Waals surface area contributed by atoms with Crippen LogP contribution in [0, 0.1) is 0 Å². The molecule has 112 valence electrons. The highest BCUT2D eigenvalue weighted by molar-refractivity contribution is 5.62. The van der Waals surface area contributed by atoms with E-state index in [1.165, 1.54) is 11.7 Å². The van der Waals surface area contributed by atoms with Crippen LogP contribution in [0.15, 0.2) is 22.2 Å². The monoisotopic (exact) mass is 284 g/mol. The summed E-state index contributed by atoms with van der Waals surface area (Å²) in [6, 6.07) is 0. The first-order valence-electron chi connectivity index (χ1n) is 6.15. The Morgan fingerprint density at radius 3 is 2.80 bits per heavy atom. The van der Waals surface area contributed by atoms with Gasteiger partial charge in [-0.3, -0.25) is 14.3 Å². The molecule has 0 saturated carbocycles. The number of hydrogen-bond acceptors (Lipinski definition) is 6. The summed E-state index contributed by atoms with van der Waals surface area (Å²) >= 11 is 0. The van der Waals surface area contributed by atoms with Crippen LogP contribution >= 0.6 is 0 Å². The summed E-state index contributed by atoms with van der Waals surface area (Å²) in [5.41, 5.74) is 4.89. The maximum absolute atomic E-state index is 11.9. The standard InChI is InChI=1S/C12H20N4O4/c1-3-4-15(5-7-17)9-10(13)16(6-8-20-2)12(19)14-11(9)18/h3,17H,1,4-8,13H2,2H3,(H,14,18,19). The molecule has 0 aliphatic heterocycles. The summed E-state index contributed by atoms with van der Waals surface area (Å²) in [7, 11) is 1.50. The molecule has 4 N–H and O–H groups in total. The number of anilines is 2. The highest BCUT2D eigenvalue weighted by atomic mass is 16.5. The van der Waals surface area contributed by atoms with Crippen molar-refractivity contribution in [1.29, 1.82) is 0 Å². The van der Waals surface area contributed by atoms with E-state index in [0.29, 0.717) is 6.54 Å². The first-order chi connectivity index (χ1) is 9.56. The zero-order valence-electron chi connectivity index (χ0n) is 11.5. The van der Waals surface area contributed by atoms with Crippen molar-refractivity contribution in [2.24, 2.45) is 0 Å². The number of hydrogen-bond donors (Lipinski definition) is 3. The van der Waals surface area contributed by atoms with Crippen LogP contribution < -0.4 is 21.9 Å². The van der Waals surface area contributed by atoms with Gasteiger partial charge in [0.1, 0.15) is 11.5 Å². The number of H-pyrrole nitrogens is 1. The lowest BCUT2D eigenvalue weighted by Crippen LogP contribution is -2.40. The minimum Gasteiger partial charge on any atom is -0.395 e. The van der Waals surface area contributed by atoms with E-state index in [-0.39, 0.29) is 37.8 Å². The Balaban J connectivity index is 3.33. The average Bonchev–Trinajstić information content (AvgIpc) is 2.38. The number of nitrogen functional groups attached to an aromatic ring is 1. The van der Waals surface area contributed by atoms with Crippen LogP contribution in [0.3, 0.4) is 0 Å². The number of aromatic amines is 1. The number of nitrogens with two attached hydrogens (primary N) is 1. The number of aromatic nitrogens is 2. The van der Waals surface area contributed by atoms with Gasteiger partial charge in [0.05, 0.1) is 19.8 Å². The topological polar surface area (TPSA) is 114 Å². The fraction of sp³-hybridized carbons (Fsp3) is 0.500. The molecule has 0 aliphatic carbocycles. The van der Waals surface area contributed by atoms with Gasteiger partial charge in [-0.05, 0) is 0 Å². The van der Waals surface area contributed by atoms with E-state index in [9.17, 15) is 9.59 Å². The highest BCUT2D eigenvalue weighted by Gasteiger charge is 2.17. The summed E-state index contributed by atoms with van der Waals surface area (Å²) in [4.78, 5) is 27.5. The third-order valence-corrected chi connectivity index (χ3v) is 2.77. The van der Waals surface area contributed by atoms with Gasteiger partial charge >= 0.3 is 5.69 Å². The molecule has 0 saturated heterocycles. The third-order valence-electron chi connectivity index (χ3n) is 2.77. The zero-order chi connectivity index (χ0) is 15.1. The van der Waals surface area contributed by atoms with E-state index in [2.05, 4.69) is 11.6 Å². The minimum atomic E-state index is -0.587. The van der Waals surface area contributed by atoms with Crippen LogP contribution in [-0.2, 0) is 11.3 Å². The van der Waals surface area contributed by atoms with Crippen molar-refractivity contribution >= 4 is 11.5 Å². The van der Waals surface area contributed by atoms with Gasteiger partial charge in [-0.1, -0.05) is 6.08 Å². The van der Waals surface area contributed by atoms with Gasteiger partial charge in [-0.15, -0.1) is 6.58 Å². The first-order valence-corrected chi connectivity index (χ1v) is 6.15. The lowest BCUT2D eigenvalue weighted by Gasteiger charge is -2.24. The predicted octanol–water partition coefficient (Wildman–Crippen LogP) is -1.25. The van der Waals surface area contributed by atoms with Gasteiger partial charge in [0.2, 0.25) is 0 Å². The van der Waals surface area contributed by atoms with E-state index in [0.717, 1.165) is 0 Å². The second-order valence-corrected chi connectivity index (χ2v) is 4.10. The SMILES string of the molecule is C=CCN(CCO)c1c(N)n(CCOC)c(=O)[nH]c1=O. The molecule has 0 atom stereocenters. The maximum Gasteiger partial charge on any atom is 0.330 e. The summed E-state index contributed by atoms with van der Waals surface area (Å²) in [6.45, 7) is 4.50. The largest absolute Gasteiger partial charge is 0.395 e. The van der Waals surface area contributed by atoms with Crippen LogP contribution in [0.5, 0.6) is 0 Å². The summed E-state index contributed by atoms with van der Waals surface area (Å²) < 4.78 is 6.13. The van der Waals surface area contributed by atoms with E-state index in [4.69, 9.17) is 15.6 Å². The van der Waals surface area contributed by atoms with E-state index < -0.39 is 11.2 Å². The molecule has 0 radical (unpaired) electrons. The smallest absolute Gasteiger partial charge is 0.330 e. The number of nitrogens with one attached hydrogen (secondary N) is 1. The minimum absolute atomic E-state index is 0.0473. The number of aliphatic hydroxyl groups is 1. The fourth-order valence-electron chi connectivity index (χ4n) is 1.86. The molecule has 0 fully saturated rings. The van der Waals surface area contributed by atoms with E-state index >= 15 is 0 Å². The van der Waals surface area contributed by atoms with Gasteiger partial charge in [-0.25, -0.2) is 4.79 Å². The molecular formula is C12H20N4O4. The average molecular weight is 284 g/mol. The van der Waals surface area contributed by atoms with Crippen molar-refractivity contribution < 1.29 is 9.84 Å². The molecule has 20 heavy (non-hydrogen) atoms. The normalized spacial score (nSPS) is 10.5. The number of nitrogens with zero attached hydrogens (tertiary/aromatic N) is 2. The van der Waals surface area contributed by atoms with E-state index in [1.54, 1.807) is 11.0 Å². The van der Waals surface area contributed by atoms with Gasteiger partial charge in [0.15, 0.2) is 0 Å². The van der Waals surface area contributed by atoms with Gasteiger partial charge in [0.25, 0.3) is 5.56 Å². The Bertz CT molecular complexity index is 564. The van der Waals surface area contributed by atoms with Crippen LogP contribution in [0.2, 0.25) is 0 Å². The number of rotatable bonds is 8. The molecule has 1 aromatic rings. The van der Waals surface area contributed by atoms with Crippen molar-refractivity contribution in [2.75, 3.05) is 44.0 Å². The van der Waals surface area contributed by atoms with Crippen molar-refractivity contribution in [3.63, 3.8) is 0 Å². The Morgan fingerprint density at radius 2 is 2.25 bits per heavy atom. The zero-order valence-corrected chi connectivity index (χ0v) is 11.5. The molecule has 0 unspecified atom stereocenters. The molecular weight excluding hydrogens is 264 g/mol. The Morgan fingerprint density at radius 1 is 1.55 bits per heavy atom. The molecule has 1 heterocycles. The Hall–Kier alpha value is -2.06. The first kappa shape index (κ1) is 16.0. The Kier molecular flexibility index (Phi) is 6.01. The lowest BCUT2D eigenvalue weighted by molar-refractivity contribution is 0.186. The highest BCUT2D eigenvalue weighted by Crippen LogP contribution is 2.15. The van der Waals surface area contributed by atoms with Crippen LogP contribution in [0.25, 0.3) is 0 Å². The number of ether oxygens (including phenoxy) is 1. The Labute approximate surface area is 116 Å². The van der Waals surface area contributed by atoms with Gasteiger partial charge in [-0.2, -0.15) is 0 Å². The lowest BCUT2D eigenvalue weighted by atomic mass is 10.3. The molecule has 0 amide bonds. The molecule has 0 spiro atoms. The second-order valence-electron chi connectivity index (χ2n) is 4.10. The molecule has 0 aromatic carbocycles. The summed E-state index contributed by atoms with van der Waals surface area (Å²) in [6.07, 6.45) is 1.58.